The molecule has 1 aliphatic rings. The molecule has 3 nitrogen and oxygen atoms in total. The largest absolute Gasteiger partial charge is 0.463 e. The average Bonchev–Trinajstić information content (AvgIpc) is 2.54. The third-order valence-electron chi connectivity index (χ3n) is 4.10. The van der Waals surface area contributed by atoms with Gasteiger partial charge in [-0.25, -0.2) is 0 Å². The number of carbonyl (C=O) groups excluding carboxylic acids is 1. The third-order valence-corrected chi connectivity index (χ3v) is 4.10. The molecule has 3 aromatic carbocycles. The Labute approximate surface area is 128 Å². The molecule has 0 aliphatic carbocycles. The maximum Gasteiger partial charge on any atom is 0.258 e. The van der Waals surface area contributed by atoms with Crippen LogP contribution in [0.5, 0.6) is 5.75 Å². The van der Waals surface area contributed by atoms with E-state index in [-0.39, 0.29) is 5.91 Å². The van der Waals surface area contributed by atoms with Gasteiger partial charge in [-0.1, -0.05) is 48.5 Å². The van der Waals surface area contributed by atoms with Gasteiger partial charge in [0.2, 0.25) is 5.72 Å². The molecule has 0 bridgehead atoms. The van der Waals surface area contributed by atoms with E-state index in [2.05, 4.69) is 23.5 Å². The summed E-state index contributed by atoms with van der Waals surface area (Å²) in [6, 6.07) is 21.5. The van der Waals surface area contributed by atoms with Crippen LogP contribution < -0.4 is 10.1 Å². The lowest BCUT2D eigenvalue weighted by atomic mass is 9.98. The molecule has 108 valence electrons. The number of ether oxygens (including phenoxy) is 1. The number of benzene rings is 3. The van der Waals surface area contributed by atoms with E-state index < -0.39 is 5.72 Å². The minimum atomic E-state index is -0.866. The van der Waals surface area contributed by atoms with Crippen molar-refractivity contribution in [2.75, 3.05) is 0 Å². The molecule has 0 saturated heterocycles. The van der Waals surface area contributed by atoms with Crippen LogP contribution in [0.4, 0.5) is 0 Å². The Balaban J connectivity index is 1.82. The lowest BCUT2D eigenvalue weighted by Gasteiger charge is -2.36. The first kappa shape index (κ1) is 12.9. The molecule has 0 unspecified atom stereocenters. The molecule has 0 radical (unpaired) electrons. The minimum Gasteiger partial charge on any atom is -0.463 e. The number of carbonyl (C=O) groups is 1. The summed E-state index contributed by atoms with van der Waals surface area (Å²) in [5, 5.41) is 5.26. The summed E-state index contributed by atoms with van der Waals surface area (Å²) in [7, 11) is 0. The SMILES string of the molecule is C[C@]1(c2ccc3ccccc3c2)NC(=O)c2ccccc2O1. The van der Waals surface area contributed by atoms with Crippen molar-refractivity contribution in [3.8, 4) is 5.75 Å². The van der Waals surface area contributed by atoms with Crippen LogP contribution in [0, 0.1) is 0 Å². The fraction of sp³-hybridized carbons (Fsp3) is 0.105. The summed E-state index contributed by atoms with van der Waals surface area (Å²) < 4.78 is 6.09. The van der Waals surface area contributed by atoms with E-state index in [9.17, 15) is 4.79 Å². The third kappa shape index (κ3) is 1.94. The van der Waals surface area contributed by atoms with Crippen LogP contribution in [0.1, 0.15) is 22.8 Å². The second-order valence-electron chi connectivity index (χ2n) is 5.65. The standard InChI is InChI=1S/C19H15NO2/c1-19(15-11-10-13-6-2-3-7-14(13)12-15)20-18(21)16-8-4-5-9-17(16)22-19/h2-12H,1H3,(H,20,21)/t19-/m0/s1. The van der Waals surface area contributed by atoms with Crippen molar-refractivity contribution in [2.24, 2.45) is 0 Å². The summed E-state index contributed by atoms with van der Waals surface area (Å²) in [6.45, 7) is 1.88. The van der Waals surface area contributed by atoms with Gasteiger partial charge in [-0.3, -0.25) is 4.79 Å². The fourth-order valence-electron chi connectivity index (χ4n) is 2.89. The molecule has 4 rings (SSSR count). The number of hydrogen-bond acceptors (Lipinski definition) is 2. The van der Waals surface area contributed by atoms with Gasteiger partial charge >= 0.3 is 0 Å². The predicted octanol–water partition coefficient (Wildman–Crippen LogP) is 3.83. The summed E-state index contributed by atoms with van der Waals surface area (Å²) in [5.74, 6) is 0.499. The van der Waals surface area contributed by atoms with Crippen molar-refractivity contribution in [1.82, 2.24) is 5.32 Å². The van der Waals surface area contributed by atoms with Crippen molar-refractivity contribution < 1.29 is 9.53 Å². The highest BCUT2D eigenvalue weighted by Gasteiger charge is 2.37. The van der Waals surface area contributed by atoms with E-state index in [4.69, 9.17) is 4.74 Å². The first-order chi connectivity index (χ1) is 10.7. The minimum absolute atomic E-state index is 0.113. The van der Waals surface area contributed by atoms with Crippen molar-refractivity contribution in [3.63, 3.8) is 0 Å². The van der Waals surface area contributed by atoms with Gasteiger partial charge in [-0.15, -0.1) is 0 Å². The molecular weight excluding hydrogens is 274 g/mol. The summed E-state index contributed by atoms with van der Waals surface area (Å²) >= 11 is 0. The van der Waals surface area contributed by atoms with Gasteiger partial charge in [0.05, 0.1) is 5.56 Å². The van der Waals surface area contributed by atoms with Gasteiger partial charge in [-0.2, -0.15) is 0 Å². The number of fused-ring (bicyclic) bond motifs is 2. The van der Waals surface area contributed by atoms with Gasteiger partial charge in [0, 0.05) is 5.56 Å². The quantitative estimate of drug-likeness (QED) is 0.739. The van der Waals surface area contributed by atoms with Gasteiger partial charge in [0.25, 0.3) is 5.91 Å². The number of hydrogen-bond donors (Lipinski definition) is 1. The molecular formula is C19H15NO2. The van der Waals surface area contributed by atoms with Crippen molar-refractivity contribution in [2.45, 2.75) is 12.6 Å². The number of nitrogens with one attached hydrogen (secondary N) is 1. The first-order valence-electron chi connectivity index (χ1n) is 7.26. The summed E-state index contributed by atoms with van der Waals surface area (Å²) in [6.07, 6.45) is 0. The molecule has 3 heteroatoms. The average molecular weight is 289 g/mol. The van der Waals surface area contributed by atoms with Crippen LogP contribution in [-0.2, 0) is 5.72 Å². The molecule has 0 saturated carbocycles. The van der Waals surface area contributed by atoms with E-state index in [1.165, 1.54) is 0 Å². The van der Waals surface area contributed by atoms with Gasteiger partial charge in [-0.05, 0) is 35.9 Å². The van der Waals surface area contributed by atoms with E-state index in [0.29, 0.717) is 11.3 Å². The Bertz CT molecular complexity index is 887. The summed E-state index contributed by atoms with van der Waals surface area (Å²) in [5.41, 5.74) is 0.630. The molecule has 0 aromatic heterocycles. The second-order valence-corrected chi connectivity index (χ2v) is 5.65. The van der Waals surface area contributed by atoms with Crippen molar-refractivity contribution >= 4 is 16.7 Å². The molecule has 3 aromatic rings. The maximum atomic E-state index is 12.3. The Morgan fingerprint density at radius 3 is 2.50 bits per heavy atom. The molecule has 0 fully saturated rings. The Kier molecular flexibility index (Phi) is 2.70. The molecule has 1 heterocycles. The van der Waals surface area contributed by atoms with Crippen LogP contribution in [0.2, 0.25) is 0 Å². The zero-order chi connectivity index (χ0) is 15.2. The molecule has 1 aliphatic heterocycles. The maximum absolute atomic E-state index is 12.3. The topological polar surface area (TPSA) is 38.3 Å². The monoisotopic (exact) mass is 289 g/mol. The lowest BCUT2D eigenvalue weighted by molar-refractivity contribution is 0.0290. The first-order valence-corrected chi connectivity index (χ1v) is 7.26. The fourth-order valence-corrected chi connectivity index (χ4v) is 2.89. The Morgan fingerprint density at radius 2 is 1.64 bits per heavy atom. The van der Waals surface area contributed by atoms with Crippen LogP contribution in [0.15, 0.2) is 66.7 Å². The molecule has 1 amide bonds. The molecule has 22 heavy (non-hydrogen) atoms. The highest BCUT2D eigenvalue weighted by atomic mass is 16.5. The zero-order valence-electron chi connectivity index (χ0n) is 12.2. The van der Waals surface area contributed by atoms with Gasteiger partial charge < -0.3 is 10.1 Å². The normalized spacial score (nSPS) is 20.1. The van der Waals surface area contributed by atoms with E-state index in [1.807, 2.05) is 49.4 Å². The van der Waals surface area contributed by atoms with Gasteiger partial charge in [0.15, 0.2) is 0 Å². The highest BCUT2D eigenvalue weighted by molar-refractivity contribution is 5.98. The Hall–Kier alpha value is -2.81. The van der Waals surface area contributed by atoms with Crippen molar-refractivity contribution in [1.29, 1.82) is 0 Å². The summed E-state index contributed by atoms with van der Waals surface area (Å²) in [4.78, 5) is 12.3. The van der Waals surface area contributed by atoms with Gasteiger partial charge in [0.1, 0.15) is 5.75 Å². The second kappa shape index (κ2) is 4.60. The highest BCUT2D eigenvalue weighted by Crippen LogP contribution is 2.34. The van der Waals surface area contributed by atoms with E-state index >= 15 is 0 Å². The number of rotatable bonds is 1. The van der Waals surface area contributed by atoms with Crippen molar-refractivity contribution in [3.05, 3.63) is 77.9 Å². The van der Waals surface area contributed by atoms with Crippen LogP contribution in [0.3, 0.4) is 0 Å². The van der Waals surface area contributed by atoms with E-state index in [1.54, 1.807) is 6.07 Å². The molecule has 1 atom stereocenters. The van der Waals surface area contributed by atoms with E-state index in [0.717, 1.165) is 16.3 Å². The predicted molar refractivity (Wildman–Crippen MR) is 85.8 cm³/mol. The molecule has 0 spiro atoms. The Morgan fingerprint density at radius 1 is 0.909 bits per heavy atom. The smallest absolute Gasteiger partial charge is 0.258 e. The zero-order valence-corrected chi connectivity index (χ0v) is 12.2. The molecule has 1 N–H and O–H groups in total. The number of para-hydroxylation sites is 1. The lowest BCUT2D eigenvalue weighted by Crippen LogP contribution is -2.51. The van der Waals surface area contributed by atoms with Crippen LogP contribution in [0.25, 0.3) is 10.8 Å². The van der Waals surface area contributed by atoms with Crippen LogP contribution in [-0.4, -0.2) is 5.91 Å². The number of amides is 1. The van der Waals surface area contributed by atoms with Crippen LogP contribution >= 0.6 is 0 Å².